The summed E-state index contributed by atoms with van der Waals surface area (Å²) in [6.07, 6.45) is 12.7. The number of likely N-dealkylation sites (tertiary alicyclic amines) is 1. The third kappa shape index (κ3) is 4.42. The van der Waals surface area contributed by atoms with E-state index in [1.165, 1.54) is 16.7 Å². The van der Waals surface area contributed by atoms with Crippen LogP contribution in [0.5, 0.6) is 0 Å². The van der Waals surface area contributed by atoms with Gasteiger partial charge in [-0.25, -0.2) is 0 Å². The first-order valence-corrected chi connectivity index (χ1v) is 11.5. The molecule has 3 heteroatoms. The summed E-state index contributed by atoms with van der Waals surface area (Å²) >= 11 is 0. The minimum absolute atomic E-state index is 0.0872. The lowest BCUT2D eigenvalue weighted by atomic mass is 9.87. The van der Waals surface area contributed by atoms with Crippen LogP contribution < -0.4 is 5.32 Å². The minimum atomic E-state index is 0.0872. The second kappa shape index (κ2) is 9.07. The molecule has 0 spiro atoms. The van der Waals surface area contributed by atoms with Crippen LogP contribution in [0.4, 0.5) is 0 Å². The van der Waals surface area contributed by atoms with E-state index in [1.54, 1.807) is 0 Å². The van der Waals surface area contributed by atoms with Gasteiger partial charge < -0.3 is 10.2 Å². The summed E-state index contributed by atoms with van der Waals surface area (Å²) in [6, 6.07) is 19.3. The average molecular weight is 411 g/mol. The number of aryl methyl sites for hydroxylation is 1. The minimum Gasteiger partial charge on any atom is -0.348 e. The fourth-order valence-corrected chi connectivity index (χ4v) is 5.15. The molecule has 2 aromatic rings. The van der Waals surface area contributed by atoms with Crippen molar-refractivity contribution in [3.05, 3.63) is 101 Å². The SMILES string of the molecule is O=C(N[C@H]1CCN(CCc2ccccc2)C1)C1=C2C=CC=CC2CCc2ccccc21. The van der Waals surface area contributed by atoms with Crippen molar-refractivity contribution in [2.24, 2.45) is 5.92 Å². The Bertz CT molecular complexity index is 1030. The summed E-state index contributed by atoms with van der Waals surface area (Å²) in [6.45, 7) is 3.02. The van der Waals surface area contributed by atoms with Crippen LogP contribution in [0.3, 0.4) is 0 Å². The summed E-state index contributed by atoms with van der Waals surface area (Å²) < 4.78 is 0. The molecule has 1 heterocycles. The number of benzene rings is 2. The molecule has 0 bridgehead atoms. The number of hydrogen-bond donors (Lipinski definition) is 1. The Balaban J connectivity index is 1.30. The molecule has 1 N–H and O–H groups in total. The van der Waals surface area contributed by atoms with Gasteiger partial charge in [0, 0.05) is 31.6 Å². The first-order chi connectivity index (χ1) is 15.3. The Morgan fingerprint density at radius 3 is 2.74 bits per heavy atom. The molecule has 31 heavy (non-hydrogen) atoms. The molecule has 3 aliphatic rings. The highest BCUT2D eigenvalue weighted by Gasteiger charge is 2.30. The largest absolute Gasteiger partial charge is 0.348 e. The number of allylic oxidation sites excluding steroid dienone is 5. The number of carbonyl (C=O) groups is 1. The van der Waals surface area contributed by atoms with E-state index in [0.717, 1.165) is 56.5 Å². The molecule has 0 saturated carbocycles. The highest BCUT2D eigenvalue weighted by Crippen LogP contribution is 2.36. The van der Waals surface area contributed by atoms with Crippen LogP contribution in [0, 0.1) is 5.92 Å². The van der Waals surface area contributed by atoms with Gasteiger partial charge in [-0.2, -0.15) is 0 Å². The first kappa shape index (κ1) is 20.0. The Hall–Kier alpha value is -2.91. The van der Waals surface area contributed by atoms with Gasteiger partial charge in [0.05, 0.1) is 5.57 Å². The van der Waals surface area contributed by atoms with Crippen LogP contribution in [0.1, 0.15) is 29.5 Å². The van der Waals surface area contributed by atoms with Crippen LogP contribution in [0.15, 0.2) is 84.5 Å². The predicted molar refractivity (Wildman–Crippen MR) is 127 cm³/mol. The number of hydrogen-bond acceptors (Lipinski definition) is 2. The topological polar surface area (TPSA) is 32.3 Å². The van der Waals surface area contributed by atoms with Gasteiger partial charge in [-0.3, -0.25) is 4.79 Å². The van der Waals surface area contributed by atoms with Crippen molar-refractivity contribution in [1.29, 1.82) is 0 Å². The number of nitrogens with zero attached hydrogens (tertiary/aromatic N) is 1. The molecule has 1 aliphatic heterocycles. The van der Waals surface area contributed by atoms with Gasteiger partial charge in [-0.05, 0) is 47.9 Å². The van der Waals surface area contributed by atoms with Crippen molar-refractivity contribution in [2.45, 2.75) is 31.7 Å². The van der Waals surface area contributed by atoms with Gasteiger partial charge in [0.2, 0.25) is 0 Å². The van der Waals surface area contributed by atoms with E-state index in [9.17, 15) is 4.79 Å². The second-order valence-corrected chi connectivity index (χ2v) is 8.87. The Morgan fingerprint density at radius 2 is 1.84 bits per heavy atom. The zero-order valence-corrected chi connectivity index (χ0v) is 18.0. The predicted octanol–water partition coefficient (Wildman–Crippen LogP) is 4.56. The van der Waals surface area contributed by atoms with Crippen LogP contribution >= 0.6 is 0 Å². The van der Waals surface area contributed by atoms with Crippen molar-refractivity contribution in [1.82, 2.24) is 10.2 Å². The first-order valence-electron chi connectivity index (χ1n) is 11.5. The smallest absolute Gasteiger partial charge is 0.252 e. The van der Waals surface area contributed by atoms with E-state index in [-0.39, 0.29) is 11.9 Å². The molecule has 2 atom stereocenters. The van der Waals surface area contributed by atoms with Crippen LogP contribution in [-0.4, -0.2) is 36.5 Å². The molecule has 158 valence electrons. The molecule has 1 saturated heterocycles. The summed E-state index contributed by atoms with van der Waals surface area (Å²) in [4.78, 5) is 16.0. The molecule has 2 aromatic carbocycles. The monoisotopic (exact) mass is 410 g/mol. The van der Waals surface area contributed by atoms with Gasteiger partial charge in [0.25, 0.3) is 5.91 Å². The second-order valence-electron chi connectivity index (χ2n) is 8.87. The number of amides is 1. The standard InChI is InChI=1S/C28H30N2O/c31-28(29-24-17-19-30(20-24)18-16-21-8-2-1-3-9-21)27-25-12-6-4-10-22(25)14-15-23-11-5-7-13-26(23)27/h1-13,22,24H,14-20H2,(H,29,31)/t22?,24-/m0/s1. The Kier molecular flexibility index (Phi) is 5.86. The fourth-order valence-electron chi connectivity index (χ4n) is 5.15. The number of nitrogens with one attached hydrogen (secondary N) is 1. The van der Waals surface area contributed by atoms with E-state index in [1.807, 2.05) is 0 Å². The van der Waals surface area contributed by atoms with Crippen LogP contribution in [0.25, 0.3) is 5.57 Å². The lowest BCUT2D eigenvalue weighted by Crippen LogP contribution is -2.38. The molecular formula is C28H30N2O. The van der Waals surface area contributed by atoms with E-state index < -0.39 is 0 Å². The zero-order valence-electron chi connectivity index (χ0n) is 18.0. The van der Waals surface area contributed by atoms with Crippen LogP contribution in [-0.2, 0) is 17.6 Å². The van der Waals surface area contributed by atoms with Gasteiger partial charge >= 0.3 is 0 Å². The third-order valence-electron chi connectivity index (χ3n) is 6.82. The Morgan fingerprint density at radius 1 is 1.00 bits per heavy atom. The summed E-state index contributed by atoms with van der Waals surface area (Å²) in [7, 11) is 0. The maximum Gasteiger partial charge on any atom is 0.252 e. The zero-order chi connectivity index (χ0) is 21.0. The molecule has 1 unspecified atom stereocenters. The quantitative estimate of drug-likeness (QED) is 0.784. The molecule has 2 aliphatic carbocycles. The number of carbonyl (C=O) groups excluding carboxylic acids is 1. The number of fused-ring (bicyclic) bond motifs is 2. The van der Waals surface area contributed by atoms with Gasteiger partial charge in [0.15, 0.2) is 0 Å². The Labute approximate surface area is 185 Å². The molecule has 3 nitrogen and oxygen atoms in total. The highest BCUT2D eigenvalue weighted by atomic mass is 16.1. The fraction of sp³-hybridized carbons (Fsp3) is 0.321. The lowest BCUT2D eigenvalue weighted by molar-refractivity contribution is -0.116. The van der Waals surface area contributed by atoms with Gasteiger partial charge in [-0.15, -0.1) is 0 Å². The van der Waals surface area contributed by atoms with Crippen molar-refractivity contribution in [2.75, 3.05) is 19.6 Å². The molecule has 1 fully saturated rings. The normalized spacial score (nSPS) is 22.7. The van der Waals surface area contributed by atoms with Gasteiger partial charge in [-0.1, -0.05) is 78.9 Å². The van der Waals surface area contributed by atoms with Crippen molar-refractivity contribution >= 4 is 11.5 Å². The van der Waals surface area contributed by atoms with Crippen molar-refractivity contribution in [3.8, 4) is 0 Å². The molecule has 0 aromatic heterocycles. The molecular weight excluding hydrogens is 380 g/mol. The van der Waals surface area contributed by atoms with E-state index in [2.05, 4.69) is 89.1 Å². The van der Waals surface area contributed by atoms with Crippen molar-refractivity contribution < 1.29 is 4.79 Å². The highest BCUT2D eigenvalue weighted by molar-refractivity contribution is 6.21. The van der Waals surface area contributed by atoms with E-state index in [0.29, 0.717) is 5.92 Å². The third-order valence-corrected chi connectivity index (χ3v) is 6.82. The maximum absolute atomic E-state index is 13.6. The van der Waals surface area contributed by atoms with E-state index in [4.69, 9.17) is 0 Å². The summed E-state index contributed by atoms with van der Waals surface area (Å²) in [5.74, 6) is 0.410. The number of rotatable bonds is 5. The van der Waals surface area contributed by atoms with Gasteiger partial charge in [0.1, 0.15) is 0 Å². The van der Waals surface area contributed by atoms with Crippen LogP contribution in [0.2, 0.25) is 0 Å². The lowest BCUT2D eigenvalue weighted by Gasteiger charge is -2.21. The average Bonchev–Trinajstić information content (AvgIpc) is 3.18. The molecule has 1 amide bonds. The van der Waals surface area contributed by atoms with E-state index >= 15 is 0 Å². The summed E-state index contributed by atoms with van der Waals surface area (Å²) in [5.41, 5.74) is 5.81. The maximum atomic E-state index is 13.6. The van der Waals surface area contributed by atoms with Crippen molar-refractivity contribution in [3.63, 3.8) is 0 Å². The summed E-state index contributed by atoms with van der Waals surface area (Å²) in [5, 5.41) is 3.38. The molecule has 5 rings (SSSR count). The molecule has 0 radical (unpaired) electrons.